The summed E-state index contributed by atoms with van der Waals surface area (Å²) in [5, 5.41) is 21.5. The van der Waals surface area contributed by atoms with E-state index in [1.165, 1.54) is 18.2 Å². The number of rotatable bonds is 3. The van der Waals surface area contributed by atoms with Crippen molar-refractivity contribution >= 4 is 11.5 Å². The Morgan fingerprint density at radius 3 is 2.33 bits per heavy atom. The molecule has 1 unspecified atom stereocenters. The molecular formula is C16H19NO4. The molecule has 112 valence electrons. The van der Waals surface area contributed by atoms with Crippen molar-refractivity contribution in [3.63, 3.8) is 0 Å². The van der Waals surface area contributed by atoms with E-state index in [4.69, 9.17) is 0 Å². The first kappa shape index (κ1) is 15.4. The van der Waals surface area contributed by atoms with Crippen LogP contribution < -0.4 is 0 Å². The molecule has 1 aromatic carbocycles. The number of non-ortho nitro benzene ring substituents is 1. The van der Waals surface area contributed by atoms with Gasteiger partial charge in [0, 0.05) is 24.0 Å². The molecule has 0 aliphatic heterocycles. The van der Waals surface area contributed by atoms with Gasteiger partial charge in [-0.2, -0.15) is 0 Å². The molecule has 1 atom stereocenters. The van der Waals surface area contributed by atoms with Crippen LogP contribution in [0.2, 0.25) is 0 Å². The van der Waals surface area contributed by atoms with Crippen LogP contribution in [0.15, 0.2) is 35.9 Å². The van der Waals surface area contributed by atoms with E-state index < -0.39 is 15.9 Å². The summed E-state index contributed by atoms with van der Waals surface area (Å²) in [6, 6.07) is 5.95. The fourth-order valence-corrected chi connectivity index (χ4v) is 2.93. The van der Waals surface area contributed by atoms with Gasteiger partial charge in [-0.15, -0.1) is 0 Å². The lowest BCUT2D eigenvalue weighted by molar-refractivity contribution is -0.384. The number of nitrogens with zero attached hydrogens (tertiary/aromatic N) is 1. The van der Waals surface area contributed by atoms with Crippen LogP contribution in [-0.4, -0.2) is 21.4 Å². The Morgan fingerprint density at radius 1 is 1.29 bits per heavy atom. The first-order valence-corrected chi connectivity index (χ1v) is 6.83. The van der Waals surface area contributed by atoms with Gasteiger partial charge in [0.1, 0.15) is 5.60 Å². The molecule has 0 heterocycles. The third-order valence-corrected chi connectivity index (χ3v) is 4.23. The summed E-state index contributed by atoms with van der Waals surface area (Å²) in [6.07, 6.45) is 2.29. The average Bonchev–Trinajstić information content (AvgIpc) is 2.36. The predicted molar refractivity (Wildman–Crippen MR) is 78.9 cm³/mol. The summed E-state index contributed by atoms with van der Waals surface area (Å²) in [4.78, 5) is 22.5. The van der Waals surface area contributed by atoms with E-state index in [0.29, 0.717) is 12.0 Å². The largest absolute Gasteiger partial charge is 0.381 e. The van der Waals surface area contributed by atoms with Gasteiger partial charge in [-0.25, -0.2) is 0 Å². The zero-order valence-electron chi connectivity index (χ0n) is 12.4. The van der Waals surface area contributed by atoms with Crippen LogP contribution >= 0.6 is 0 Å². The van der Waals surface area contributed by atoms with E-state index in [2.05, 4.69) is 0 Å². The molecule has 2 rings (SSSR count). The van der Waals surface area contributed by atoms with Crippen molar-refractivity contribution in [1.82, 2.24) is 0 Å². The predicted octanol–water partition coefficient (Wildman–Crippen LogP) is 2.81. The number of ketones is 1. The number of hydrogen-bond donors (Lipinski definition) is 1. The topological polar surface area (TPSA) is 80.4 Å². The van der Waals surface area contributed by atoms with Crippen molar-refractivity contribution in [2.45, 2.75) is 39.2 Å². The van der Waals surface area contributed by atoms with Gasteiger partial charge in [-0.3, -0.25) is 14.9 Å². The lowest BCUT2D eigenvalue weighted by atomic mass is 9.63. The summed E-state index contributed by atoms with van der Waals surface area (Å²) in [5.74, 6) is -0.297. The lowest BCUT2D eigenvalue weighted by Gasteiger charge is -2.44. The number of carbonyl (C=O) groups excluding carboxylic acids is 1. The normalized spacial score (nSPS) is 24.6. The molecule has 0 saturated heterocycles. The highest BCUT2D eigenvalue weighted by Crippen LogP contribution is 2.43. The van der Waals surface area contributed by atoms with Gasteiger partial charge >= 0.3 is 0 Å². The Balaban J connectivity index is 2.32. The second-order valence-electron chi connectivity index (χ2n) is 6.38. The van der Waals surface area contributed by atoms with E-state index in [1.54, 1.807) is 12.1 Å². The Hall–Kier alpha value is -2.01. The molecule has 21 heavy (non-hydrogen) atoms. The fourth-order valence-electron chi connectivity index (χ4n) is 2.93. The van der Waals surface area contributed by atoms with Crippen LogP contribution in [-0.2, 0) is 11.2 Å². The first-order valence-electron chi connectivity index (χ1n) is 6.83. The zero-order valence-corrected chi connectivity index (χ0v) is 12.4. The molecule has 0 saturated carbocycles. The number of aliphatic hydroxyl groups is 1. The number of nitro benzene ring substituents is 1. The Kier molecular flexibility index (Phi) is 3.72. The molecule has 0 spiro atoms. The fraction of sp³-hybridized carbons (Fsp3) is 0.438. The van der Waals surface area contributed by atoms with Crippen molar-refractivity contribution < 1.29 is 14.8 Å². The van der Waals surface area contributed by atoms with Crippen molar-refractivity contribution in [3.8, 4) is 0 Å². The second kappa shape index (κ2) is 5.07. The molecule has 0 aromatic heterocycles. The van der Waals surface area contributed by atoms with Crippen molar-refractivity contribution in [1.29, 1.82) is 0 Å². The molecule has 5 heteroatoms. The maximum absolute atomic E-state index is 12.3. The first-order chi connectivity index (χ1) is 9.65. The van der Waals surface area contributed by atoms with Gasteiger partial charge in [-0.05, 0) is 25.0 Å². The van der Waals surface area contributed by atoms with Gasteiger partial charge in [0.15, 0.2) is 5.78 Å². The quantitative estimate of drug-likeness (QED) is 0.685. The number of carbonyl (C=O) groups is 1. The average molecular weight is 289 g/mol. The Bertz CT molecular complexity index is 616. The Morgan fingerprint density at radius 2 is 1.86 bits per heavy atom. The van der Waals surface area contributed by atoms with E-state index in [-0.39, 0.29) is 17.9 Å². The SMILES string of the molecule is CC1=CC(=O)C(O)(Cc2ccc([N+](=O)[O-])cc2)C(C)(C)C1. The molecule has 0 fully saturated rings. The van der Waals surface area contributed by atoms with Gasteiger partial charge in [0.25, 0.3) is 5.69 Å². The number of hydrogen-bond acceptors (Lipinski definition) is 4. The molecule has 1 N–H and O–H groups in total. The third kappa shape index (κ3) is 2.74. The number of nitro groups is 1. The van der Waals surface area contributed by atoms with Crippen LogP contribution in [0.1, 0.15) is 32.8 Å². The van der Waals surface area contributed by atoms with Gasteiger partial charge in [0.2, 0.25) is 0 Å². The van der Waals surface area contributed by atoms with Gasteiger partial charge in [-0.1, -0.05) is 31.6 Å². The highest BCUT2D eigenvalue weighted by molar-refractivity contribution is 5.99. The monoisotopic (exact) mass is 289 g/mol. The molecule has 0 bridgehead atoms. The molecule has 0 amide bonds. The molecule has 1 aromatic rings. The minimum absolute atomic E-state index is 0.00397. The minimum Gasteiger partial charge on any atom is -0.381 e. The van der Waals surface area contributed by atoms with E-state index in [9.17, 15) is 20.0 Å². The van der Waals surface area contributed by atoms with Crippen LogP contribution in [0.25, 0.3) is 0 Å². The highest BCUT2D eigenvalue weighted by Gasteiger charge is 2.50. The summed E-state index contributed by atoms with van der Waals surface area (Å²) in [6.45, 7) is 5.62. The molecule has 0 radical (unpaired) electrons. The Labute approximate surface area is 123 Å². The zero-order chi connectivity index (χ0) is 15.8. The molecule has 1 aliphatic rings. The summed E-state index contributed by atoms with van der Waals surface area (Å²) in [7, 11) is 0. The second-order valence-corrected chi connectivity index (χ2v) is 6.38. The van der Waals surface area contributed by atoms with Crippen LogP contribution in [0.4, 0.5) is 5.69 Å². The third-order valence-electron chi connectivity index (χ3n) is 4.23. The molecular weight excluding hydrogens is 270 g/mol. The van der Waals surface area contributed by atoms with E-state index >= 15 is 0 Å². The summed E-state index contributed by atoms with van der Waals surface area (Å²) in [5.41, 5.74) is -0.403. The van der Waals surface area contributed by atoms with E-state index in [1.807, 2.05) is 20.8 Å². The number of allylic oxidation sites excluding steroid dienone is 1. The van der Waals surface area contributed by atoms with E-state index in [0.717, 1.165) is 5.57 Å². The minimum atomic E-state index is -1.48. The van der Waals surface area contributed by atoms with Crippen molar-refractivity contribution in [2.75, 3.05) is 0 Å². The highest BCUT2D eigenvalue weighted by atomic mass is 16.6. The van der Waals surface area contributed by atoms with Crippen molar-refractivity contribution in [3.05, 3.63) is 51.6 Å². The molecule has 5 nitrogen and oxygen atoms in total. The standard InChI is InChI=1S/C16H19NO4/c1-11-8-14(18)16(19,15(2,3)9-11)10-12-4-6-13(7-5-12)17(20)21/h4-8,19H,9-10H2,1-3H3. The smallest absolute Gasteiger partial charge is 0.269 e. The summed E-state index contributed by atoms with van der Waals surface area (Å²) < 4.78 is 0. The maximum atomic E-state index is 12.3. The number of benzene rings is 1. The maximum Gasteiger partial charge on any atom is 0.269 e. The van der Waals surface area contributed by atoms with Gasteiger partial charge < -0.3 is 5.11 Å². The molecule has 1 aliphatic carbocycles. The lowest BCUT2D eigenvalue weighted by Crippen LogP contribution is -2.54. The van der Waals surface area contributed by atoms with Crippen LogP contribution in [0.5, 0.6) is 0 Å². The van der Waals surface area contributed by atoms with Crippen molar-refractivity contribution in [2.24, 2.45) is 5.41 Å². The van der Waals surface area contributed by atoms with Crippen LogP contribution in [0.3, 0.4) is 0 Å². The summed E-state index contributed by atoms with van der Waals surface area (Å²) >= 11 is 0. The van der Waals surface area contributed by atoms with Gasteiger partial charge in [0.05, 0.1) is 4.92 Å². The van der Waals surface area contributed by atoms with Crippen LogP contribution in [0, 0.1) is 15.5 Å².